The van der Waals surface area contributed by atoms with E-state index in [1.807, 2.05) is 0 Å². The number of hydrogen-bond donors (Lipinski definition) is 1. The molecule has 0 bridgehead atoms. The summed E-state index contributed by atoms with van der Waals surface area (Å²) in [6.07, 6.45) is 13.2. The third-order valence-corrected chi connectivity index (χ3v) is 15.4. The van der Waals surface area contributed by atoms with Crippen LogP contribution in [0.5, 0.6) is 0 Å². The molecule has 0 spiro atoms. The molecule has 3 aromatic rings. The second-order valence-electron chi connectivity index (χ2n) is 13.4. The van der Waals surface area contributed by atoms with Crippen LogP contribution in [0.1, 0.15) is 37.8 Å². The van der Waals surface area contributed by atoms with Gasteiger partial charge in [0.15, 0.2) is 8.24 Å². The maximum absolute atomic E-state index is 5.16. The summed E-state index contributed by atoms with van der Waals surface area (Å²) in [5.74, 6) is 2.35. The fourth-order valence-corrected chi connectivity index (χ4v) is 12.7. The fraction of sp³-hybridized carbons (Fsp3) is 0.324. The van der Waals surface area contributed by atoms with Gasteiger partial charge in [-0.15, -0.1) is 5.69 Å². The van der Waals surface area contributed by atoms with E-state index >= 15 is 0 Å². The van der Waals surface area contributed by atoms with Crippen LogP contribution < -0.4 is 10.2 Å². The summed E-state index contributed by atoms with van der Waals surface area (Å²) >= 11 is 6.43. The van der Waals surface area contributed by atoms with E-state index in [9.17, 15) is 0 Å². The summed E-state index contributed by atoms with van der Waals surface area (Å²) in [6, 6.07) is 23.6. The molecule has 3 unspecified atom stereocenters. The third kappa shape index (κ3) is 10.6. The monoisotopic (exact) mass is 850 g/mol. The van der Waals surface area contributed by atoms with Crippen molar-refractivity contribution in [2.45, 2.75) is 59.3 Å². The van der Waals surface area contributed by atoms with Crippen molar-refractivity contribution >= 4 is 89.6 Å². The number of rotatable bonds is 6. The number of hydrogen-bond acceptors (Lipinski definition) is 1. The van der Waals surface area contributed by atoms with Crippen LogP contribution in [0, 0.1) is 25.2 Å². The van der Waals surface area contributed by atoms with E-state index in [4.69, 9.17) is 23.6 Å². The van der Waals surface area contributed by atoms with Crippen molar-refractivity contribution in [1.29, 1.82) is 0 Å². The van der Waals surface area contributed by atoms with Crippen molar-refractivity contribution in [1.82, 2.24) is 0 Å². The van der Waals surface area contributed by atoms with Crippen LogP contribution >= 0.6 is 50.5 Å². The van der Waals surface area contributed by atoms with Crippen LogP contribution in [-0.2, 0) is 23.5 Å². The Bertz CT molecular complexity index is 1540. The van der Waals surface area contributed by atoms with Gasteiger partial charge in [-0.1, -0.05) is 117 Å². The Morgan fingerprint density at radius 1 is 0.891 bits per heavy atom. The minimum atomic E-state index is -1.76. The van der Waals surface area contributed by atoms with Gasteiger partial charge in [0, 0.05) is 14.6 Å². The zero-order valence-corrected chi connectivity index (χ0v) is 36.2. The Labute approximate surface area is 314 Å². The first-order valence-corrected chi connectivity index (χ1v) is 27.3. The van der Waals surface area contributed by atoms with Gasteiger partial charge < -0.3 is 17.4 Å². The van der Waals surface area contributed by atoms with Crippen molar-refractivity contribution in [2.75, 3.05) is 4.98 Å². The molecule has 1 fully saturated rings. The van der Waals surface area contributed by atoms with Crippen molar-refractivity contribution in [3.8, 4) is 0 Å². The van der Waals surface area contributed by atoms with Crippen molar-refractivity contribution < 1.29 is 17.0 Å². The van der Waals surface area contributed by atoms with Crippen LogP contribution in [0.4, 0.5) is 11.4 Å². The summed E-state index contributed by atoms with van der Waals surface area (Å²) < 4.78 is 2.23. The van der Waals surface area contributed by atoms with Crippen LogP contribution in [0.2, 0.25) is 26.2 Å². The summed E-state index contributed by atoms with van der Waals surface area (Å²) in [6.45, 7) is 14.2. The number of anilines is 1. The Balaban J connectivity index is 0.000000226. The molecule has 3 aliphatic rings. The molecule has 6 rings (SSSR count). The molecule has 3 atom stereocenters. The quantitative estimate of drug-likeness (QED) is 0.194. The van der Waals surface area contributed by atoms with Gasteiger partial charge in [0.25, 0.3) is 0 Å². The molecular formula is C37H46Br2Cl2N2Si2Ti-2. The van der Waals surface area contributed by atoms with Crippen molar-refractivity contribution in [2.24, 2.45) is 17.8 Å². The van der Waals surface area contributed by atoms with Crippen LogP contribution in [-0.4, -0.2) is 16.5 Å². The van der Waals surface area contributed by atoms with Crippen LogP contribution in [0.15, 0.2) is 105 Å². The minimum absolute atomic E-state index is 0. The molecule has 0 aromatic heterocycles. The van der Waals surface area contributed by atoms with Crippen molar-refractivity contribution in [3.63, 3.8) is 0 Å². The van der Waals surface area contributed by atoms with Gasteiger partial charge >= 0.3 is 35.6 Å². The van der Waals surface area contributed by atoms with E-state index in [1.165, 1.54) is 40.4 Å². The Morgan fingerprint density at radius 2 is 1.50 bits per heavy atom. The number of nitrogens with one attached hydrogen (secondary N) is 1. The van der Waals surface area contributed by atoms with Crippen LogP contribution in [0.3, 0.4) is 0 Å². The molecule has 1 saturated carbocycles. The van der Waals surface area contributed by atoms with E-state index in [-0.39, 0.29) is 7.43 Å². The number of fused-ring (bicyclic) bond motifs is 2. The molecule has 46 heavy (non-hydrogen) atoms. The van der Waals surface area contributed by atoms with Crippen LogP contribution in [0.25, 0.3) is 11.1 Å². The molecule has 3 aliphatic carbocycles. The zero-order valence-electron chi connectivity index (χ0n) is 28.0. The SMILES string of the molecule is CC1=Cc2cccc([Si](C)(C)Nc3ccc(Br)cc3)c2C1.CC1CC2C=CC=C([Si](C)(C)[N-]c3ccc(Br)cc3)C2C1.[CH3-].[Cl][Ti][Cl]. The van der Waals surface area contributed by atoms with E-state index in [0.717, 1.165) is 38.8 Å². The van der Waals surface area contributed by atoms with Gasteiger partial charge in [-0.2, -0.15) is 0 Å². The Hall–Kier alpha value is -0.832. The van der Waals surface area contributed by atoms with Gasteiger partial charge in [-0.3, -0.25) is 0 Å². The molecule has 0 amide bonds. The van der Waals surface area contributed by atoms with Crippen molar-refractivity contribution in [3.05, 3.63) is 128 Å². The average Bonchev–Trinajstić information content (AvgIpc) is 3.56. The maximum atomic E-state index is 5.16. The van der Waals surface area contributed by atoms with Gasteiger partial charge in [0.2, 0.25) is 0 Å². The summed E-state index contributed by atoms with van der Waals surface area (Å²) in [7, 11) is 6.30. The van der Waals surface area contributed by atoms with Gasteiger partial charge in [-0.25, -0.2) is 0 Å². The first kappa shape index (κ1) is 39.6. The van der Waals surface area contributed by atoms with E-state index in [0.29, 0.717) is 0 Å². The van der Waals surface area contributed by atoms with E-state index in [1.54, 1.807) is 5.20 Å². The number of nitrogens with zero attached hydrogens (tertiary/aromatic N) is 1. The molecular weight excluding hydrogens is 807 g/mol. The fourth-order valence-electron chi connectivity index (χ4n) is 6.97. The molecule has 246 valence electrons. The van der Waals surface area contributed by atoms with Gasteiger partial charge in [0.05, 0.1) is 0 Å². The molecule has 0 saturated heterocycles. The average molecular weight is 854 g/mol. The summed E-state index contributed by atoms with van der Waals surface area (Å²) in [4.78, 5) is 8.96. The first-order valence-electron chi connectivity index (χ1n) is 15.5. The van der Waals surface area contributed by atoms with Gasteiger partial charge in [0.1, 0.15) is 0 Å². The Morgan fingerprint density at radius 3 is 2.13 bits per heavy atom. The number of benzene rings is 3. The predicted octanol–water partition coefficient (Wildman–Crippen LogP) is 13.1. The normalized spacial score (nSPS) is 19.5. The molecule has 0 heterocycles. The topological polar surface area (TPSA) is 26.1 Å². The molecule has 0 radical (unpaired) electrons. The molecule has 9 heteroatoms. The standard InChI is InChI=1S/C18H23BrNSi.C18H20BrNSi.CH3.2ClH.Ti/c2*1-13-11-14-5-4-6-18(17(14)12-13)21(2,3)20-16-9-7-15(19)8-10-16;;;;/h4-10,13-14,17H,11-12H2,1-3H3;4-11,20H,12H2,1-3H3;1H3;2*1H;/q-1;;-1;;;+2/p-2. The van der Waals surface area contributed by atoms with E-state index in [2.05, 4.69) is 168 Å². The second kappa shape index (κ2) is 17.7. The predicted molar refractivity (Wildman–Crippen MR) is 214 cm³/mol. The molecule has 0 aliphatic heterocycles. The third-order valence-electron chi connectivity index (χ3n) is 8.87. The summed E-state index contributed by atoms with van der Waals surface area (Å²) in [5.41, 5.74) is 6.72. The summed E-state index contributed by atoms with van der Waals surface area (Å²) in [5, 5.41) is 3.17. The molecule has 1 N–H and O–H groups in total. The zero-order chi connectivity index (χ0) is 32.8. The van der Waals surface area contributed by atoms with E-state index < -0.39 is 33.5 Å². The first-order chi connectivity index (χ1) is 21.3. The Kier molecular flexibility index (Phi) is 15.2. The number of allylic oxidation sites excluding steroid dienone is 5. The van der Waals surface area contributed by atoms with Gasteiger partial charge in [-0.05, 0) is 118 Å². The molecule has 2 nitrogen and oxygen atoms in total. The number of halogens is 4. The second-order valence-corrected chi connectivity index (χ2v) is 25.7. The molecule has 3 aromatic carbocycles.